The molecule has 21 heavy (non-hydrogen) atoms. The van der Waals surface area contributed by atoms with Gasteiger partial charge in [-0.2, -0.15) is 0 Å². The first-order valence-electron chi connectivity index (χ1n) is 7.66. The third kappa shape index (κ3) is 6.95. The van der Waals surface area contributed by atoms with Gasteiger partial charge in [-0.1, -0.05) is 32.1 Å². The zero-order valence-corrected chi connectivity index (χ0v) is 12.2. The molecule has 0 amide bonds. The van der Waals surface area contributed by atoms with E-state index in [9.17, 15) is 23.4 Å². The van der Waals surface area contributed by atoms with Crippen LogP contribution in [-0.4, -0.2) is 54.1 Å². The summed E-state index contributed by atoms with van der Waals surface area (Å²) in [5.74, 6) is 0.470. The molecule has 1 saturated carbocycles. The number of rotatable bonds is 9. The maximum absolute atomic E-state index is 12.7. The van der Waals surface area contributed by atoms with Crippen molar-refractivity contribution in [3.05, 3.63) is 0 Å². The van der Waals surface area contributed by atoms with Crippen molar-refractivity contribution in [2.75, 3.05) is 13.1 Å². The first kappa shape index (κ1) is 18.7. The van der Waals surface area contributed by atoms with Crippen molar-refractivity contribution < 1.29 is 23.4 Å². The summed E-state index contributed by atoms with van der Waals surface area (Å²) in [7, 11) is 0. The fourth-order valence-corrected chi connectivity index (χ4v) is 2.81. The molecule has 4 atom stereocenters. The minimum Gasteiger partial charge on any atom is -0.389 e. The van der Waals surface area contributed by atoms with Gasteiger partial charge in [0.05, 0.1) is 12.2 Å². The van der Waals surface area contributed by atoms with E-state index in [2.05, 4.69) is 5.32 Å². The Kier molecular flexibility index (Phi) is 8.55. The monoisotopic (exact) mass is 312 g/mol. The summed E-state index contributed by atoms with van der Waals surface area (Å²) < 4.78 is 36.6. The number of alkyl halides is 3. The lowest BCUT2D eigenvalue weighted by molar-refractivity contribution is -0.00388. The molecule has 0 aliphatic heterocycles. The number of aliphatic hydroxyl groups excluding tert-OH is 2. The quantitative estimate of drug-likeness (QED) is 0.516. The van der Waals surface area contributed by atoms with Crippen molar-refractivity contribution in [2.45, 2.75) is 69.4 Å². The van der Waals surface area contributed by atoms with Crippen molar-refractivity contribution in [1.29, 1.82) is 0 Å². The van der Waals surface area contributed by atoms with Gasteiger partial charge >= 0.3 is 0 Å². The van der Waals surface area contributed by atoms with E-state index in [1.165, 1.54) is 19.3 Å². The number of aliphatic hydroxyl groups is 2. The molecule has 0 aromatic rings. The summed E-state index contributed by atoms with van der Waals surface area (Å²) in [4.78, 5) is 0. The predicted octanol–water partition coefficient (Wildman–Crippen LogP) is 1.20. The molecular weight excluding hydrogens is 285 g/mol. The number of halogens is 3. The van der Waals surface area contributed by atoms with E-state index in [0.29, 0.717) is 12.3 Å². The van der Waals surface area contributed by atoms with Crippen molar-refractivity contribution in [2.24, 2.45) is 11.7 Å². The van der Waals surface area contributed by atoms with Crippen LogP contribution >= 0.6 is 0 Å². The lowest BCUT2D eigenvalue weighted by Gasteiger charge is -2.29. The van der Waals surface area contributed by atoms with Gasteiger partial charge in [0.1, 0.15) is 0 Å². The van der Waals surface area contributed by atoms with Crippen LogP contribution in [0.3, 0.4) is 0 Å². The van der Waals surface area contributed by atoms with Crippen molar-refractivity contribution in [3.8, 4) is 0 Å². The molecule has 5 N–H and O–H groups in total. The highest BCUT2D eigenvalue weighted by atomic mass is 19.3. The van der Waals surface area contributed by atoms with Gasteiger partial charge in [0.15, 0.2) is 6.17 Å². The van der Waals surface area contributed by atoms with E-state index in [1.54, 1.807) is 0 Å². The topological polar surface area (TPSA) is 78.5 Å². The number of hydrogen-bond acceptors (Lipinski definition) is 4. The minimum absolute atomic E-state index is 0.160. The lowest BCUT2D eigenvalue weighted by atomic mass is 9.83. The number of nitrogens with one attached hydrogen (secondary N) is 1. The van der Waals surface area contributed by atoms with Crippen LogP contribution < -0.4 is 11.1 Å². The van der Waals surface area contributed by atoms with Crippen LogP contribution in [0.25, 0.3) is 0 Å². The summed E-state index contributed by atoms with van der Waals surface area (Å²) in [5.41, 5.74) is 5.90. The zero-order valence-electron chi connectivity index (χ0n) is 12.2. The molecule has 0 spiro atoms. The van der Waals surface area contributed by atoms with Crippen LogP contribution in [0.15, 0.2) is 0 Å². The highest BCUT2D eigenvalue weighted by Crippen LogP contribution is 2.27. The van der Waals surface area contributed by atoms with Crippen molar-refractivity contribution in [1.82, 2.24) is 5.32 Å². The second kappa shape index (κ2) is 9.61. The minimum atomic E-state index is -3.05. The van der Waals surface area contributed by atoms with Crippen LogP contribution in [0, 0.1) is 5.92 Å². The Morgan fingerprint density at radius 1 is 1.05 bits per heavy atom. The molecule has 4 nitrogen and oxygen atoms in total. The molecular formula is C14H27F3N2O2. The molecule has 0 heterocycles. The van der Waals surface area contributed by atoms with Crippen LogP contribution in [0.1, 0.15) is 38.5 Å². The zero-order chi connectivity index (χ0) is 15.8. The Morgan fingerprint density at radius 2 is 1.67 bits per heavy atom. The smallest absolute Gasteiger partial charge is 0.270 e. The van der Waals surface area contributed by atoms with E-state index >= 15 is 0 Å². The Labute approximate surface area is 123 Å². The largest absolute Gasteiger partial charge is 0.389 e. The van der Waals surface area contributed by atoms with Crippen LogP contribution in [-0.2, 0) is 0 Å². The first-order valence-corrected chi connectivity index (χ1v) is 7.66. The summed E-state index contributed by atoms with van der Waals surface area (Å²) in [6.45, 7) is -0.716. The van der Waals surface area contributed by atoms with E-state index in [-0.39, 0.29) is 6.54 Å². The molecule has 0 radical (unpaired) electrons. The molecule has 1 rings (SSSR count). The van der Waals surface area contributed by atoms with Gasteiger partial charge in [-0.05, 0) is 12.3 Å². The SMILES string of the molecule is NC(CC1CCCCC1)C(O)C(O)CNCC(F)C(F)F. The fourth-order valence-electron chi connectivity index (χ4n) is 2.81. The Morgan fingerprint density at radius 3 is 2.24 bits per heavy atom. The standard InChI is InChI=1S/C14H27F3N2O2/c15-10(14(16)17)7-19-8-12(20)13(21)11(18)6-9-4-2-1-3-5-9/h9-14,19-21H,1-8,18H2. The second-order valence-corrected chi connectivity index (χ2v) is 5.97. The number of hydrogen-bond donors (Lipinski definition) is 4. The maximum atomic E-state index is 12.7. The molecule has 0 aromatic heterocycles. The highest BCUT2D eigenvalue weighted by molar-refractivity contribution is 4.83. The summed E-state index contributed by atoms with van der Waals surface area (Å²) in [6, 6.07) is -0.554. The Balaban J connectivity index is 2.23. The normalized spacial score (nSPS) is 23.0. The van der Waals surface area contributed by atoms with Gasteiger partial charge in [-0.15, -0.1) is 0 Å². The molecule has 0 bridgehead atoms. The molecule has 126 valence electrons. The summed E-state index contributed by atoms with van der Waals surface area (Å²) in [6.07, 6.45) is -1.25. The molecule has 4 unspecified atom stereocenters. The van der Waals surface area contributed by atoms with Crippen LogP contribution in [0.5, 0.6) is 0 Å². The van der Waals surface area contributed by atoms with Crippen molar-refractivity contribution in [3.63, 3.8) is 0 Å². The summed E-state index contributed by atoms with van der Waals surface area (Å²) in [5, 5.41) is 22.1. The van der Waals surface area contributed by atoms with Crippen molar-refractivity contribution >= 4 is 0 Å². The Hall–Kier alpha value is -0.370. The third-order valence-electron chi connectivity index (χ3n) is 4.13. The number of nitrogens with two attached hydrogens (primary N) is 1. The van der Waals surface area contributed by atoms with E-state index in [0.717, 1.165) is 12.8 Å². The van der Waals surface area contributed by atoms with Gasteiger partial charge in [-0.25, -0.2) is 13.2 Å². The Bertz CT molecular complexity index is 279. The predicted molar refractivity (Wildman–Crippen MR) is 75.0 cm³/mol. The third-order valence-corrected chi connectivity index (χ3v) is 4.13. The molecule has 1 fully saturated rings. The average Bonchev–Trinajstić information content (AvgIpc) is 2.46. The lowest BCUT2D eigenvalue weighted by Crippen LogP contribution is -2.48. The highest BCUT2D eigenvalue weighted by Gasteiger charge is 2.27. The maximum Gasteiger partial charge on any atom is 0.270 e. The molecule has 1 aliphatic rings. The van der Waals surface area contributed by atoms with E-state index in [4.69, 9.17) is 5.73 Å². The van der Waals surface area contributed by atoms with Crippen LogP contribution in [0.4, 0.5) is 13.2 Å². The molecule has 7 heteroatoms. The average molecular weight is 312 g/mol. The van der Waals surface area contributed by atoms with Gasteiger partial charge < -0.3 is 21.3 Å². The van der Waals surface area contributed by atoms with E-state index in [1.807, 2.05) is 0 Å². The van der Waals surface area contributed by atoms with E-state index < -0.39 is 37.4 Å². The summed E-state index contributed by atoms with van der Waals surface area (Å²) >= 11 is 0. The van der Waals surface area contributed by atoms with Gasteiger partial charge in [0.2, 0.25) is 0 Å². The van der Waals surface area contributed by atoms with Gasteiger partial charge in [-0.3, -0.25) is 0 Å². The first-order chi connectivity index (χ1) is 9.91. The molecule has 0 aromatic carbocycles. The second-order valence-electron chi connectivity index (χ2n) is 5.97. The molecule has 0 saturated heterocycles. The van der Waals surface area contributed by atoms with Gasteiger partial charge in [0, 0.05) is 19.1 Å². The van der Waals surface area contributed by atoms with Gasteiger partial charge in [0.25, 0.3) is 6.43 Å². The molecule has 1 aliphatic carbocycles. The fraction of sp³-hybridized carbons (Fsp3) is 1.00. The van der Waals surface area contributed by atoms with Crippen LogP contribution in [0.2, 0.25) is 0 Å².